The molecule has 2 N–H and O–H groups in total. The summed E-state index contributed by atoms with van der Waals surface area (Å²) in [6.07, 6.45) is 8.50. The number of amides is 1. The maximum Gasteiger partial charge on any atom is 0.251 e. The van der Waals surface area contributed by atoms with Crippen molar-refractivity contribution in [2.24, 2.45) is 0 Å². The van der Waals surface area contributed by atoms with Crippen LogP contribution < -0.4 is 10.6 Å². The summed E-state index contributed by atoms with van der Waals surface area (Å²) in [7, 11) is 1.52. The minimum Gasteiger partial charge on any atom is -0.381 e. The summed E-state index contributed by atoms with van der Waals surface area (Å²) in [5.41, 5.74) is 3.09. The highest BCUT2D eigenvalue weighted by molar-refractivity contribution is 6.06. The molecule has 1 aliphatic heterocycles. The largest absolute Gasteiger partial charge is 0.381 e. The van der Waals surface area contributed by atoms with Crippen molar-refractivity contribution in [3.05, 3.63) is 72.0 Å². The lowest BCUT2D eigenvalue weighted by Crippen LogP contribution is -2.19. The molecule has 1 aromatic carbocycles. The van der Waals surface area contributed by atoms with Gasteiger partial charge in [-0.3, -0.25) is 9.78 Å². The lowest BCUT2D eigenvalue weighted by molar-refractivity contribution is 0.0836. The average Bonchev–Trinajstić information content (AvgIpc) is 2.96. The molecule has 4 heterocycles. The Labute approximate surface area is 214 Å². The molecule has 4 aromatic rings. The highest BCUT2D eigenvalue weighted by atomic mass is 19.1. The molecular weight excluding hydrogens is 473 g/mol. The van der Waals surface area contributed by atoms with Crippen molar-refractivity contribution in [3.63, 3.8) is 0 Å². The van der Waals surface area contributed by atoms with E-state index in [1.165, 1.54) is 31.7 Å². The van der Waals surface area contributed by atoms with Gasteiger partial charge in [0.15, 0.2) is 0 Å². The van der Waals surface area contributed by atoms with Crippen LogP contribution in [0, 0.1) is 5.82 Å². The minimum atomic E-state index is -0.476. The van der Waals surface area contributed by atoms with Gasteiger partial charge in [0.05, 0.1) is 16.8 Å². The Balaban J connectivity index is 1.32. The lowest BCUT2D eigenvalue weighted by Gasteiger charge is -2.20. The molecule has 9 nitrogen and oxygen atoms in total. The summed E-state index contributed by atoms with van der Waals surface area (Å²) in [5.74, 6) is 0.944. The van der Waals surface area contributed by atoms with Crippen molar-refractivity contribution in [1.29, 1.82) is 0 Å². The van der Waals surface area contributed by atoms with Crippen molar-refractivity contribution in [1.82, 2.24) is 30.2 Å². The number of halogens is 1. The van der Waals surface area contributed by atoms with Gasteiger partial charge in [0.2, 0.25) is 0 Å². The Kier molecular flexibility index (Phi) is 7.27. The van der Waals surface area contributed by atoms with E-state index in [1.807, 2.05) is 13.0 Å². The molecule has 0 bridgehead atoms. The molecule has 3 aromatic heterocycles. The van der Waals surface area contributed by atoms with E-state index >= 15 is 0 Å². The van der Waals surface area contributed by atoms with E-state index in [2.05, 4.69) is 35.6 Å². The predicted octanol–water partition coefficient (Wildman–Crippen LogP) is 4.09. The predicted molar refractivity (Wildman–Crippen MR) is 138 cm³/mol. The van der Waals surface area contributed by atoms with E-state index in [9.17, 15) is 9.18 Å². The first-order valence-electron chi connectivity index (χ1n) is 12.3. The summed E-state index contributed by atoms with van der Waals surface area (Å²) in [6, 6.07) is 6.48. The summed E-state index contributed by atoms with van der Waals surface area (Å²) in [4.78, 5) is 34.5. The fourth-order valence-corrected chi connectivity index (χ4v) is 4.59. The van der Waals surface area contributed by atoms with Gasteiger partial charge in [0, 0.05) is 74.2 Å². The quantitative estimate of drug-likeness (QED) is 0.389. The normalized spacial score (nSPS) is 14.9. The fraction of sp³-hybridized carbons (Fsp3) is 0.333. The van der Waals surface area contributed by atoms with Crippen LogP contribution in [-0.4, -0.2) is 57.6 Å². The monoisotopic (exact) mass is 501 g/mol. The highest BCUT2D eigenvalue weighted by Crippen LogP contribution is 2.29. The Morgan fingerprint density at radius 1 is 1.11 bits per heavy atom. The van der Waals surface area contributed by atoms with Crippen molar-refractivity contribution in [3.8, 4) is 11.3 Å². The molecule has 1 fully saturated rings. The van der Waals surface area contributed by atoms with E-state index in [0.717, 1.165) is 43.0 Å². The summed E-state index contributed by atoms with van der Waals surface area (Å²) in [5, 5.41) is 6.12. The third kappa shape index (κ3) is 5.24. The number of nitrogens with zero attached hydrogens (tertiary/aromatic N) is 5. The highest BCUT2D eigenvalue weighted by Gasteiger charge is 2.20. The first-order chi connectivity index (χ1) is 18.0. The van der Waals surface area contributed by atoms with E-state index in [0.29, 0.717) is 29.5 Å². The molecular formula is C27H28FN7O2. The summed E-state index contributed by atoms with van der Waals surface area (Å²) >= 11 is 0. The van der Waals surface area contributed by atoms with E-state index in [-0.39, 0.29) is 22.8 Å². The standard InChI is InChI=1S/C27H28FN7O2/c1-16(19-3-4-21(28)24-20(27(36)29-2)5-8-30-25(19)24)12-31-23-11-22(34-15-35-23)18-13-32-26(33-14-18)17-6-9-37-10-7-17/h3-5,8,11,13-17H,6-7,9-10,12H2,1-2H3,(H,29,36)(H,31,34,35)/t16-/m1/s1. The smallest absolute Gasteiger partial charge is 0.251 e. The van der Waals surface area contributed by atoms with Crippen LogP contribution in [0.15, 0.2) is 49.2 Å². The molecule has 1 atom stereocenters. The van der Waals surface area contributed by atoms with Crippen LogP contribution >= 0.6 is 0 Å². The average molecular weight is 502 g/mol. The number of ether oxygens (including phenoxy) is 1. The molecule has 5 rings (SSSR count). The zero-order valence-corrected chi connectivity index (χ0v) is 20.7. The number of nitrogens with one attached hydrogen (secondary N) is 2. The Hall–Kier alpha value is -4.05. The Morgan fingerprint density at radius 3 is 2.65 bits per heavy atom. The third-order valence-corrected chi connectivity index (χ3v) is 6.69. The van der Waals surface area contributed by atoms with E-state index in [4.69, 9.17) is 4.74 Å². The zero-order chi connectivity index (χ0) is 25.8. The number of benzene rings is 1. The molecule has 0 aliphatic carbocycles. The first kappa shape index (κ1) is 24.6. The topological polar surface area (TPSA) is 115 Å². The molecule has 37 heavy (non-hydrogen) atoms. The van der Waals surface area contributed by atoms with Gasteiger partial charge in [-0.2, -0.15) is 0 Å². The number of rotatable bonds is 7. The molecule has 190 valence electrons. The van der Waals surface area contributed by atoms with Gasteiger partial charge in [-0.05, 0) is 30.5 Å². The van der Waals surface area contributed by atoms with Crippen molar-refractivity contribution < 1.29 is 13.9 Å². The molecule has 1 saturated heterocycles. The van der Waals surface area contributed by atoms with Crippen molar-refractivity contribution >= 4 is 22.6 Å². The van der Waals surface area contributed by atoms with Gasteiger partial charge in [0.1, 0.15) is 23.8 Å². The molecule has 1 amide bonds. The van der Waals surface area contributed by atoms with Crippen molar-refractivity contribution in [2.75, 3.05) is 32.1 Å². The molecule has 10 heteroatoms. The van der Waals surface area contributed by atoms with Gasteiger partial charge in [-0.1, -0.05) is 13.0 Å². The number of hydrogen-bond acceptors (Lipinski definition) is 8. The Bertz CT molecular complexity index is 1410. The summed E-state index contributed by atoms with van der Waals surface area (Å²) in [6.45, 7) is 4.02. The lowest BCUT2D eigenvalue weighted by atomic mass is 9.95. The van der Waals surface area contributed by atoms with Crippen LogP contribution in [0.1, 0.15) is 53.3 Å². The van der Waals surface area contributed by atoms with Gasteiger partial charge >= 0.3 is 0 Å². The number of hydrogen-bond donors (Lipinski definition) is 2. The maximum atomic E-state index is 14.7. The van der Waals surface area contributed by atoms with Gasteiger partial charge in [-0.15, -0.1) is 0 Å². The molecule has 1 aliphatic rings. The molecule has 0 radical (unpaired) electrons. The number of carbonyl (C=O) groups is 1. The second-order valence-corrected chi connectivity index (χ2v) is 9.08. The van der Waals surface area contributed by atoms with Crippen LogP contribution in [0.4, 0.5) is 10.2 Å². The number of fused-ring (bicyclic) bond motifs is 1. The van der Waals surface area contributed by atoms with E-state index < -0.39 is 5.82 Å². The van der Waals surface area contributed by atoms with Gasteiger partial charge in [-0.25, -0.2) is 24.3 Å². The van der Waals surface area contributed by atoms with Crippen LogP contribution in [0.2, 0.25) is 0 Å². The van der Waals surface area contributed by atoms with Gasteiger partial charge in [0.25, 0.3) is 5.91 Å². The molecule has 0 spiro atoms. The summed E-state index contributed by atoms with van der Waals surface area (Å²) < 4.78 is 20.1. The minimum absolute atomic E-state index is 0.0453. The van der Waals surface area contributed by atoms with Crippen molar-refractivity contribution in [2.45, 2.75) is 31.6 Å². The second-order valence-electron chi connectivity index (χ2n) is 9.08. The van der Waals surface area contributed by atoms with Gasteiger partial charge < -0.3 is 15.4 Å². The van der Waals surface area contributed by atoms with Crippen LogP contribution in [0.25, 0.3) is 22.2 Å². The second kappa shape index (κ2) is 10.9. The zero-order valence-electron chi connectivity index (χ0n) is 20.7. The van der Waals surface area contributed by atoms with Crippen LogP contribution in [-0.2, 0) is 4.74 Å². The van der Waals surface area contributed by atoms with Crippen LogP contribution in [0.5, 0.6) is 0 Å². The number of pyridine rings is 1. The Morgan fingerprint density at radius 2 is 1.89 bits per heavy atom. The first-order valence-corrected chi connectivity index (χ1v) is 12.3. The molecule has 0 unspecified atom stereocenters. The van der Waals surface area contributed by atoms with Crippen LogP contribution in [0.3, 0.4) is 0 Å². The fourth-order valence-electron chi connectivity index (χ4n) is 4.59. The van der Waals surface area contributed by atoms with E-state index in [1.54, 1.807) is 18.5 Å². The number of carbonyl (C=O) groups excluding carboxylic acids is 1. The maximum absolute atomic E-state index is 14.7. The SMILES string of the molecule is CNC(=O)c1ccnc2c([C@H](C)CNc3cc(-c4cnc(C5CCOCC5)nc4)ncn3)ccc(F)c12. The number of anilines is 1. The number of aromatic nitrogens is 5. The molecule has 0 saturated carbocycles. The third-order valence-electron chi connectivity index (χ3n) is 6.69.